The molecule has 0 unspecified atom stereocenters. The zero-order valence-corrected chi connectivity index (χ0v) is 11.5. The Bertz CT molecular complexity index is 382. The fourth-order valence-electron chi connectivity index (χ4n) is 1.75. The third-order valence-corrected chi connectivity index (χ3v) is 2.68. The van der Waals surface area contributed by atoms with Crippen LogP contribution in [0.15, 0.2) is 18.2 Å². The molecule has 4 heteroatoms. The molecule has 1 rings (SSSR count). The topological polar surface area (TPSA) is 3.24 Å². The molecule has 18 heavy (non-hydrogen) atoms. The molecule has 0 N–H and O–H groups in total. The van der Waals surface area contributed by atoms with E-state index in [1.807, 2.05) is 45.8 Å². The molecular weight excluding hydrogens is 239 g/mol. The fourth-order valence-corrected chi connectivity index (χ4v) is 1.75. The molecule has 0 bridgehead atoms. The summed E-state index contributed by atoms with van der Waals surface area (Å²) in [6.45, 7) is 6.26. The van der Waals surface area contributed by atoms with Crippen molar-refractivity contribution in [3.05, 3.63) is 34.9 Å². The molecule has 0 aliphatic carbocycles. The predicted molar refractivity (Wildman–Crippen MR) is 67.5 cm³/mol. The SMILES string of the molecule is CN(C)Cc1cc(C(C)(C)C)cc(C(F)(F)F)c1. The first-order valence-corrected chi connectivity index (χ1v) is 5.86. The van der Waals surface area contributed by atoms with Gasteiger partial charge in [-0.05, 0) is 42.8 Å². The first-order chi connectivity index (χ1) is 8.00. The van der Waals surface area contributed by atoms with Crippen LogP contribution in [-0.2, 0) is 18.1 Å². The molecule has 0 radical (unpaired) electrons. The number of benzene rings is 1. The molecular formula is C14H20F3N. The molecule has 0 amide bonds. The molecule has 0 aromatic heterocycles. The third-order valence-electron chi connectivity index (χ3n) is 2.68. The van der Waals surface area contributed by atoms with Crippen molar-refractivity contribution in [3.63, 3.8) is 0 Å². The van der Waals surface area contributed by atoms with Gasteiger partial charge in [-0.15, -0.1) is 0 Å². The molecule has 1 aromatic rings. The summed E-state index contributed by atoms with van der Waals surface area (Å²) >= 11 is 0. The van der Waals surface area contributed by atoms with Crippen molar-refractivity contribution >= 4 is 0 Å². The van der Waals surface area contributed by atoms with Crippen molar-refractivity contribution in [3.8, 4) is 0 Å². The Kier molecular flexibility index (Phi) is 4.11. The molecule has 0 spiro atoms. The molecule has 1 aromatic carbocycles. The van der Waals surface area contributed by atoms with Crippen molar-refractivity contribution in [2.45, 2.75) is 38.9 Å². The van der Waals surface area contributed by atoms with E-state index in [1.54, 1.807) is 0 Å². The highest BCUT2D eigenvalue weighted by atomic mass is 19.4. The van der Waals surface area contributed by atoms with Crippen molar-refractivity contribution in [1.29, 1.82) is 0 Å². The second-order valence-electron chi connectivity index (χ2n) is 5.90. The summed E-state index contributed by atoms with van der Waals surface area (Å²) in [5.41, 5.74) is 0.559. The van der Waals surface area contributed by atoms with Crippen LogP contribution in [0.4, 0.5) is 13.2 Å². The zero-order chi connectivity index (χ0) is 14.1. The van der Waals surface area contributed by atoms with E-state index >= 15 is 0 Å². The number of hydrogen-bond acceptors (Lipinski definition) is 1. The van der Waals surface area contributed by atoms with Gasteiger partial charge in [0.1, 0.15) is 0 Å². The van der Waals surface area contributed by atoms with Gasteiger partial charge in [-0.3, -0.25) is 0 Å². The standard InChI is InChI=1S/C14H20F3N/c1-13(2,3)11-6-10(9-18(4)5)7-12(8-11)14(15,16)17/h6-8H,9H2,1-5H3. The lowest BCUT2D eigenvalue weighted by Gasteiger charge is -2.23. The highest BCUT2D eigenvalue weighted by Gasteiger charge is 2.32. The highest BCUT2D eigenvalue weighted by Crippen LogP contribution is 2.34. The van der Waals surface area contributed by atoms with Crippen LogP contribution >= 0.6 is 0 Å². The van der Waals surface area contributed by atoms with Gasteiger partial charge in [0.15, 0.2) is 0 Å². The number of hydrogen-bond donors (Lipinski definition) is 0. The maximum Gasteiger partial charge on any atom is 0.416 e. The van der Waals surface area contributed by atoms with Crippen LogP contribution in [0.3, 0.4) is 0 Å². The Labute approximate surface area is 107 Å². The van der Waals surface area contributed by atoms with E-state index in [2.05, 4.69) is 0 Å². The van der Waals surface area contributed by atoms with Crippen molar-refractivity contribution in [2.75, 3.05) is 14.1 Å². The fraction of sp³-hybridized carbons (Fsp3) is 0.571. The average molecular weight is 259 g/mol. The lowest BCUT2D eigenvalue weighted by molar-refractivity contribution is -0.137. The Morgan fingerprint density at radius 2 is 1.44 bits per heavy atom. The van der Waals surface area contributed by atoms with Crippen LogP contribution in [0.5, 0.6) is 0 Å². The van der Waals surface area contributed by atoms with Gasteiger partial charge in [0.05, 0.1) is 5.56 Å². The van der Waals surface area contributed by atoms with Gasteiger partial charge >= 0.3 is 6.18 Å². The Morgan fingerprint density at radius 3 is 1.83 bits per heavy atom. The van der Waals surface area contributed by atoms with Crippen LogP contribution < -0.4 is 0 Å². The van der Waals surface area contributed by atoms with Gasteiger partial charge in [0.2, 0.25) is 0 Å². The average Bonchev–Trinajstić information content (AvgIpc) is 2.13. The Morgan fingerprint density at radius 1 is 0.944 bits per heavy atom. The van der Waals surface area contributed by atoms with Gasteiger partial charge in [0.25, 0.3) is 0 Å². The largest absolute Gasteiger partial charge is 0.416 e. The third kappa shape index (κ3) is 4.02. The second kappa shape index (κ2) is 4.92. The number of alkyl halides is 3. The van der Waals surface area contributed by atoms with Crippen molar-refractivity contribution in [1.82, 2.24) is 4.90 Å². The monoisotopic (exact) mass is 259 g/mol. The first-order valence-electron chi connectivity index (χ1n) is 5.86. The van der Waals surface area contributed by atoms with Gasteiger partial charge < -0.3 is 4.90 Å². The molecule has 0 aliphatic heterocycles. The first kappa shape index (κ1) is 15.0. The van der Waals surface area contributed by atoms with Crippen LogP contribution in [-0.4, -0.2) is 19.0 Å². The lowest BCUT2D eigenvalue weighted by Crippen LogP contribution is -2.17. The number of rotatable bonds is 2. The summed E-state index contributed by atoms with van der Waals surface area (Å²) in [7, 11) is 3.69. The smallest absolute Gasteiger partial charge is 0.305 e. The zero-order valence-electron chi connectivity index (χ0n) is 11.5. The summed E-state index contributed by atoms with van der Waals surface area (Å²) in [5.74, 6) is 0. The van der Waals surface area contributed by atoms with Gasteiger partial charge in [0, 0.05) is 6.54 Å². The van der Waals surface area contributed by atoms with Crippen LogP contribution in [0, 0.1) is 0 Å². The molecule has 1 nitrogen and oxygen atoms in total. The van der Waals surface area contributed by atoms with E-state index in [0.717, 1.165) is 0 Å². The molecule has 0 fully saturated rings. The minimum absolute atomic E-state index is 0.289. The summed E-state index contributed by atoms with van der Waals surface area (Å²) in [5, 5.41) is 0. The van der Waals surface area contributed by atoms with E-state index in [9.17, 15) is 13.2 Å². The summed E-state index contributed by atoms with van der Waals surface area (Å²) in [4.78, 5) is 1.86. The Hall–Kier alpha value is -1.03. The van der Waals surface area contributed by atoms with Gasteiger partial charge in [-0.1, -0.05) is 26.8 Å². The van der Waals surface area contributed by atoms with E-state index in [-0.39, 0.29) is 5.41 Å². The summed E-state index contributed by atoms with van der Waals surface area (Å²) in [6, 6.07) is 4.34. The summed E-state index contributed by atoms with van der Waals surface area (Å²) < 4.78 is 38.6. The van der Waals surface area contributed by atoms with E-state index < -0.39 is 11.7 Å². The van der Waals surface area contributed by atoms with Crippen LogP contribution in [0.1, 0.15) is 37.5 Å². The van der Waals surface area contributed by atoms with E-state index in [4.69, 9.17) is 0 Å². The molecule has 0 aliphatic rings. The normalized spacial score (nSPS) is 13.2. The minimum Gasteiger partial charge on any atom is -0.305 e. The quantitative estimate of drug-likeness (QED) is 0.774. The maximum absolute atomic E-state index is 12.9. The lowest BCUT2D eigenvalue weighted by atomic mass is 9.85. The Balaban J connectivity index is 3.29. The maximum atomic E-state index is 12.9. The molecule has 102 valence electrons. The number of halogens is 3. The van der Waals surface area contributed by atoms with Crippen molar-refractivity contribution in [2.24, 2.45) is 0 Å². The van der Waals surface area contributed by atoms with E-state index in [1.165, 1.54) is 12.1 Å². The molecule has 0 saturated carbocycles. The van der Waals surface area contributed by atoms with Crippen LogP contribution in [0.25, 0.3) is 0 Å². The second-order valence-corrected chi connectivity index (χ2v) is 5.90. The molecule has 0 atom stereocenters. The predicted octanol–water partition coefficient (Wildman–Crippen LogP) is 4.06. The molecule has 0 saturated heterocycles. The number of nitrogens with zero attached hydrogens (tertiary/aromatic N) is 1. The minimum atomic E-state index is -4.29. The molecule has 0 heterocycles. The highest BCUT2D eigenvalue weighted by molar-refractivity contribution is 5.35. The van der Waals surface area contributed by atoms with Crippen molar-refractivity contribution < 1.29 is 13.2 Å². The van der Waals surface area contributed by atoms with Gasteiger partial charge in [-0.2, -0.15) is 13.2 Å². The summed E-state index contributed by atoms with van der Waals surface area (Å²) in [6.07, 6.45) is -4.29. The van der Waals surface area contributed by atoms with Gasteiger partial charge in [-0.25, -0.2) is 0 Å². The van der Waals surface area contributed by atoms with Crippen LogP contribution in [0.2, 0.25) is 0 Å². The van der Waals surface area contributed by atoms with E-state index in [0.29, 0.717) is 17.7 Å².